The molecule has 0 aromatic rings. The smallest absolute Gasteiger partial charge is 0.411 e. The topological polar surface area (TPSA) is 90.6 Å². The third-order valence-electron chi connectivity index (χ3n) is 2.40. The maximum absolute atomic E-state index is 11.8. The highest BCUT2D eigenvalue weighted by Crippen LogP contribution is 2.25. The van der Waals surface area contributed by atoms with Crippen LogP contribution in [0.25, 0.3) is 0 Å². The lowest BCUT2D eigenvalue weighted by molar-refractivity contribution is -0.142. The van der Waals surface area contributed by atoms with Gasteiger partial charge in [-0.25, -0.2) is 9.59 Å². The van der Waals surface area contributed by atoms with E-state index in [1.165, 1.54) is 0 Å². The molecule has 0 unspecified atom stereocenters. The number of carbonyl (C=O) groups excluding carboxylic acids is 1. The van der Waals surface area contributed by atoms with E-state index in [2.05, 4.69) is 0 Å². The highest BCUT2D eigenvalue weighted by atomic mass is 16.6. The van der Waals surface area contributed by atoms with E-state index in [1.54, 1.807) is 20.8 Å². The highest BCUT2D eigenvalue weighted by molar-refractivity contribution is 5.81. The molecule has 1 fully saturated rings. The molecule has 1 rings (SSSR count). The molecule has 0 aromatic carbocycles. The van der Waals surface area contributed by atoms with Crippen molar-refractivity contribution in [3.05, 3.63) is 0 Å². The van der Waals surface area contributed by atoms with Crippen LogP contribution in [0.4, 0.5) is 4.79 Å². The second-order valence-corrected chi connectivity index (χ2v) is 5.05. The summed E-state index contributed by atoms with van der Waals surface area (Å²) in [5, 5.41) is 17.8. The van der Waals surface area contributed by atoms with Gasteiger partial charge in [0, 0.05) is 6.54 Å². The Hall–Kier alpha value is -1.77. The Morgan fingerprint density at radius 1 is 1.47 bits per heavy atom. The molecular formula is C11H16N2O4. The average molecular weight is 240 g/mol. The predicted octanol–water partition coefficient (Wildman–Crippen LogP) is 1.22. The van der Waals surface area contributed by atoms with Crippen molar-refractivity contribution < 1.29 is 19.4 Å². The van der Waals surface area contributed by atoms with Crippen LogP contribution in [0.5, 0.6) is 0 Å². The minimum absolute atomic E-state index is 0.113. The van der Waals surface area contributed by atoms with Crippen LogP contribution in [0.2, 0.25) is 0 Å². The third-order valence-corrected chi connectivity index (χ3v) is 2.40. The van der Waals surface area contributed by atoms with Gasteiger partial charge in [-0.05, 0) is 27.2 Å². The molecule has 0 spiro atoms. The number of carbonyl (C=O) groups is 2. The van der Waals surface area contributed by atoms with Crippen molar-refractivity contribution in [2.45, 2.75) is 38.8 Å². The largest absolute Gasteiger partial charge is 0.480 e. The predicted molar refractivity (Wildman–Crippen MR) is 58.1 cm³/mol. The Balaban J connectivity index is 2.78. The summed E-state index contributed by atoms with van der Waals surface area (Å²) in [7, 11) is 0. The summed E-state index contributed by atoms with van der Waals surface area (Å²) in [6.07, 6.45) is -0.520. The lowest BCUT2D eigenvalue weighted by Gasteiger charge is -2.26. The van der Waals surface area contributed by atoms with Gasteiger partial charge in [-0.3, -0.25) is 4.90 Å². The summed E-state index contributed by atoms with van der Waals surface area (Å²) in [5.41, 5.74) is -0.676. The van der Waals surface area contributed by atoms with Crippen molar-refractivity contribution >= 4 is 12.1 Å². The molecule has 2 atom stereocenters. The summed E-state index contributed by atoms with van der Waals surface area (Å²) in [6, 6.07) is 1.02. The number of amides is 1. The first-order valence-electron chi connectivity index (χ1n) is 5.36. The van der Waals surface area contributed by atoms with Crippen LogP contribution >= 0.6 is 0 Å². The van der Waals surface area contributed by atoms with Gasteiger partial charge in [0.05, 0.1) is 12.0 Å². The Kier molecular flexibility index (Phi) is 3.61. The fourth-order valence-electron chi connectivity index (χ4n) is 1.69. The fourth-order valence-corrected chi connectivity index (χ4v) is 1.69. The van der Waals surface area contributed by atoms with Crippen molar-refractivity contribution in [2.75, 3.05) is 6.54 Å². The highest BCUT2D eigenvalue weighted by Gasteiger charge is 2.41. The number of ether oxygens (including phenoxy) is 1. The normalized spacial score (nSPS) is 24.2. The summed E-state index contributed by atoms with van der Waals surface area (Å²) >= 11 is 0. The van der Waals surface area contributed by atoms with Crippen molar-refractivity contribution in [1.82, 2.24) is 4.90 Å². The van der Waals surface area contributed by atoms with Gasteiger partial charge in [0.25, 0.3) is 0 Å². The van der Waals surface area contributed by atoms with Crippen LogP contribution in [-0.2, 0) is 9.53 Å². The van der Waals surface area contributed by atoms with E-state index < -0.39 is 29.6 Å². The molecule has 6 heteroatoms. The number of carboxylic acid groups (broad SMARTS) is 1. The van der Waals surface area contributed by atoms with Crippen molar-refractivity contribution in [3.63, 3.8) is 0 Å². The molecule has 0 aliphatic carbocycles. The van der Waals surface area contributed by atoms with Gasteiger partial charge in [0.15, 0.2) is 0 Å². The molecule has 1 aliphatic rings. The summed E-state index contributed by atoms with van der Waals surface area (Å²) in [4.78, 5) is 23.9. The number of carboxylic acids is 1. The molecule has 1 amide bonds. The second kappa shape index (κ2) is 4.62. The summed E-state index contributed by atoms with van der Waals surface area (Å²) in [6.45, 7) is 5.23. The van der Waals surface area contributed by atoms with E-state index in [4.69, 9.17) is 15.1 Å². The first-order valence-corrected chi connectivity index (χ1v) is 5.36. The molecular weight excluding hydrogens is 224 g/mol. The zero-order valence-electron chi connectivity index (χ0n) is 10.1. The first kappa shape index (κ1) is 13.3. The van der Waals surface area contributed by atoms with E-state index in [9.17, 15) is 9.59 Å². The molecule has 0 bridgehead atoms. The van der Waals surface area contributed by atoms with Crippen molar-refractivity contribution in [2.24, 2.45) is 5.92 Å². The third kappa shape index (κ3) is 3.34. The van der Waals surface area contributed by atoms with E-state index in [0.717, 1.165) is 4.90 Å². The monoisotopic (exact) mass is 240 g/mol. The minimum Gasteiger partial charge on any atom is -0.480 e. The van der Waals surface area contributed by atoms with Crippen LogP contribution in [0.15, 0.2) is 0 Å². The lowest BCUT2D eigenvalue weighted by atomic mass is 10.1. The van der Waals surface area contributed by atoms with Gasteiger partial charge >= 0.3 is 12.1 Å². The van der Waals surface area contributed by atoms with Crippen LogP contribution in [0.1, 0.15) is 27.2 Å². The molecule has 1 N–H and O–H groups in total. The van der Waals surface area contributed by atoms with Crippen molar-refractivity contribution in [3.8, 4) is 6.07 Å². The van der Waals surface area contributed by atoms with E-state index >= 15 is 0 Å². The molecule has 1 heterocycles. The van der Waals surface area contributed by atoms with Crippen molar-refractivity contribution in [1.29, 1.82) is 5.26 Å². The van der Waals surface area contributed by atoms with Crippen LogP contribution in [0, 0.1) is 17.2 Å². The molecule has 94 valence electrons. The second-order valence-electron chi connectivity index (χ2n) is 5.05. The number of nitrogens with zero attached hydrogens (tertiary/aromatic N) is 2. The molecule has 1 saturated heterocycles. The Bertz CT molecular complexity index is 367. The van der Waals surface area contributed by atoms with Gasteiger partial charge in [-0.15, -0.1) is 0 Å². The van der Waals surface area contributed by atoms with E-state index in [1.807, 2.05) is 6.07 Å². The van der Waals surface area contributed by atoms with E-state index in [0.29, 0.717) is 0 Å². The molecule has 17 heavy (non-hydrogen) atoms. The Labute approximate surface area is 99.8 Å². The maximum atomic E-state index is 11.8. The lowest BCUT2D eigenvalue weighted by Crippen LogP contribution is -2.43. The van der Waals surface area contributed by atoms with E-state index in [-0.39, 0.29) is 13.0 Å². The summed E-state index contributed by atoms with van der Waals surface area (Å²) in [5.74, 6) is -1.54. The zero-order valence-corrected chi connectivity index (χ0v) is 10.1. The molecule has 1 aliphatic heterocycles. The number of likely N-dealkylation sites (tertiary alicyclic amines) is 1. The van der Waals surface area contributed by atoms with Crippen LogP contribution in [-0.4, -0.2) is 40.3 Å². The fraction of sp³-hybridized carbons (Fsp3) is 0.727. The summed E-state index contributed by atoms with van der Waals surface area (Å²) < 4.78 is 5.11. The van der Waals surface area contributed by atoms with Crippen LogP contribution in [0.3, 0.4) is 0 Å². The van der Waals surface area contributed by atoms with Gasteiger partial charge in [-0.2, -0.15) is 5.26 Å². The maximum Gasteiger partial charge on any atom is 0.411 e. The van der Waals surface area contributed by atoms with Crippen LogP contribution < -0.4 is 0 Å². The number of rotatable bonds is 1. The Morgan fingerprint density at radius 2 is 2.06 bits per heavy atom. The number of nitriles is 1. The quantitative estimate of drug-likeness (QED) is 0.744. The first-order chi connectivity index (χ1) is 7.74. The molecule has 0 radical (unpaired) electrons. The molecule has 6 nitrogen and oxygen atoms in total. The molecule has 0 saturated carbocycles. The SMILES string of the molecule is CC(C)(C)OC(=O)N1C[C@H](C#N)C[C@@H]1C(=O)O. The number of hydrogen-bond donors (Lipinski definition) is 1. The van der Waals surface area contributed by atoms with Gasteiger partial charge in [0.1, 0.15) is 11.6 Å². The zero-order chi connectivity index (χ0) is 13.2. The average Bonchev–Trinajstić information content (AvgIpc) is 2.58. The van der Waals surface area contributed by atoms with Gasteiger partial charge in [0.2, 0.25) is 0 Å². The van der Waals surface area contributed by atoms with Gasteiger partial charge < -0.3 is 9.84 Å². The minimum atomic E-state index is -1.10. The standard InChI is InChI=1S/C11H16N2O4/c1-11(2,3)17-10(16)13-6-7(5-12)4-8(13)9(14)15/h7-8H,4,6H2,1-3H3,(H,14,15)/t7-,8+/m0/s1. The number of aliphatic carboxylic acids is 1. The number of hydrogen-bond acceptors (Lipinski definition) is 4. The molecule has 0 aromatic heterocycles. The van der Waals surface area contributed by atoms with Gasteiger partial charge in [-0.1, -0.05) is 0 Å². The Morgan fingerprint density at radius 3 is 2.47 bits per heavy atom.